The third-order valence-electron chi connectivity index (χ3n) is 3.01. The van der Waals surface area contributed by atoms with E-state index < -0.39 is 0 Å². The van der Waals surface area contributed by atoms with Gasteiger partial charge in [0.2, 0.25) is 6.20 Å². The van der Waals surface area contributed by atoms with Gasteiger partial charge in [0.1, 0.15) is 12.6 Å². The van der Waals surface area contributed by atoms with Crippen LogP contribution in [-0.2, 0) is 4.74 Å². The van der Waals surface area contributed by atoms with Gasteiger partial charge >= 0.3 is 0 Å². The summed E-state index contributed by atoms with van der Waals surface area (Å²) in [4.78, 5) is 0.541. The van der Waals surface area contributed by atoms with E-state index in [1.807, 2.05) is 32.0 Å². The Morgan fingerprint density at radius 3 is 2.81 bits per heavy atom. The molecule has 0 spiro atoms. The molecule has 1 rings (SSSR count). The minimum absolute atomic E-state index is 0.203. The maximum Gasteiger partial charge on any atom is 0.212 e. The lowest BCUT2D eigenvalue weighted by atomic mass is 10.1. The van der Waals surface area contributed by atoms with E-state index in [-0.39, 0.29) is 18.8 Å². The SMILES string of the molecule is C#CCOC(C)C(C)N=[N+]([O-])/C=C(\C)c1ccccc1Cl. The fourth-order valence-electron chi connectivity index (χ4n) is 1.64. The number of nitrogens with zero attached hydrogens (tertiary/aromatic N) is 2. The quantitative estimate of drug-likeness (QED) is 0.344. The van der Waals surface area contributed by atoms with Gasteiger partial charge in [0.05, 0.1) is 6.10 Å². The summed E-state index contributed by atoms with van der Waals surface area (Å²) in [6.07, 6.45) is 6.29. The molecule has 0 aliphatic rings. The molecule has 0 heterocycles. The molecule has 1 aromatic carbocycles. The average Bonchev–Trinajstić information content (AvgIpc) is 2.44. The lowest BCUT2D eigenvalue weighted by molar-refractivity contribution is -0.462. The van der Waals surface area contributed by atoms with Crippen molar-refractivity contribution >= 4 is 17.2 Å². The fourth-order valence-corrected chi connectivity index (χ4v) is 1.93. The number of halogens is 1. The zero-order valence-corrected chi connectivity index (χ0v) is 13.2. The number of azo groups is 1. The number of allylic oxidation sites excluding steroid dienone is 1. The summed E-state index contributed by atoms with van der Waals surface area (Å²) in [6.45, 7) is 5.63. The maximum absolute atomic E-state index is 11.9. The largest absolute Gasteiger partial charge is 0.595 e. The van der Waals surface area contributed by atoms with Crippen LogP contribution in [0.15, 0.2) is 35.6 Å². The van der Waals surface area contributed by atoms with Gasteiger partial charge in [-0.1, -0.05) is 40.6 Å². The number of hydrogen-bond acceptors (Lipinski definition) is 3. The van der Waals surface area contributed by atoms with Crippen molar-refractivity contribution in [2.75, 3.05) is 6.61 Å². The van der Waals surface area contributed by atoms with Crippen molar-refractivity contribution < 1.29 is 9.60 Å². The first-order valence-electron chi connectivity index (χ1n) is 6.61. The van der Waals surface area contributed by atoms with Crippen LogP contribution < -0.4 is 0 Å². The van der Waals surface area contributed by atoms with E-state index in [1.54, 1.807) is 13.0 Å². The van der Waals surface area contributed by atoms with Crippen molar-refractivity contribution in [3.8, 4) is 12.3 Å². The molecular weight excluding hydrogens is 288 g/mol. The highest BCUT2D eigenvalue weighted by atomic mass is 35.5. The van der Waals surface area contributed by atoms with E-state index in [0.717, 1.165) is 11.1 Å². The van der Waals surface area contributed by atoms with Crippen molar-refractivity contribution in [1.29, 1.82) is 0 Å². The van der Waals surface area contributed by atoms with E-state index in [4.69, 9.17) is 22.8 Å². The third kappa shape index (κ3) is 5.58. The van der Waals surface area contributed by atoms with Crippen LogP contribution in [0.25, 0.3) is 5.57 Å². The average molecular weight is 307 g/mol. The summed E-state index contributed by atoms with van der Waals surface area (Å²) in [5.41, 5.74) is 1.54. The van der Waals surface area contributed by atoms with Gasteiger partial charge in [-0.15, -0.1) is 6.42 Å². The van der Waals surface area contributed by atoms with Crippen molar-refractivity contribution in [3.05, 3.63) is 46.3 Å². The van der Waals surface area contributed by atoms with Gasteiger partial charge in [-0.3, -0.25) is 0 Å². The summed E-state index contributed by atoms with van der Waals surface area (Å²) in [5, 5.41) is 16.4. The van der Waals surface area contributed by atoms with E-state index >= 15 is 0 Å². The molecule has 0 bridgehead atoms. The standard InChI is InChI=1S/C16H19ClN2O2/c1-5-10-21-14(4)13(3)18-19(20)11-12(2)15-8-6-7-9-16(15)17/h1,6-9,11,13-14H,10H2,2-4H3/b12-11+,19-18?. The molecule has 0 amide bonds. The van der Waals surface area contributed by atoms with Crippen molar-refractivity contribution in [1.82, 2.24) is 0 Å². The Hall–Kier alpha value is -1.83. The summed E-state index contributed by atoms with van der Waals surface area (Å²) < 4.78 is 5.33. The highest BCUT2D eigenvalue weighted by Crippen LogP contribution is 2.23. The highest BCUT2D eigenvalue weighted by Gasteiger charge is 2.15. The van der Waals surface area contributed by atoms with E-state index in [9.17, 15) is 5.21 Å². The normalized spacial score (nSPS) is 15.4. The van der Waals surface area contributed by atoms with Crippen molar-refractivity contribution in [3.63, 3.8) is 0 Å². The number of rotatable bonds is 6. The van der Waals surface area contributed by atoms with E-state index in [2.05, 4.69) is 11.0 Å². The first-order chi connectivity index (χ1) is 9.95. The van der Waals surface area contributed by atoms with Gasteiger partial charge in [-0.25, -0.2) is 0 Å². The van der Waals surface area contributed by atoms with Gasteiger partial charge in [-0.2, -0.15) is 0 Å². The van der Waals surface area contributed by atoms with Crippen LogP contribution in [0.5, 0.6) is 0 Å². The number of hydroxylamine groups is 1. The Balaban J connectivity index is 2.81. The van der Waals surface area contributed by atoms with Crippen LogP contribution in [0.4, 0.5) is 0 Å². The first-order valence-corrected chi connectivity index (χ1v) is 6.99. The van der Waals surface area contributed by atoms with E-state index in [0.29, 0.717) is 9.88 Å². The highest BCUT2D eigenvalue weighted by molar-refractivity contribution is 6.32. The van der Waals surface area contributed by atoms with Crippen LogP contribution in [0.1, 0.15) is 26.3 Å². The van der Waals surface area contributed by atoms with Gasteiger partial charge in [0.15, 0.2) is 0 Å². The minimum Gasteiger partial charge on any atom is -0.595 e. The molecule has 0 aromatic heterocycles. The Labute approximate surface area is 130 Å². The molecule has 0 fully saturated rings. The zero-order valence-electron chi connectivity index (χ0n) is 12.4. The molecule has 0 aliphatic heterocycles. The Morgan fingerprint density at radius 2 is 2.19 bits per heavy atom. The first kappa shape index (κ1) is 17.2. The van der Waals surface area contributed by atoms with Gasteiger partial charge in [0, 0.05) is 16.2 Å². The Bertz CT molecular complexity index is 576. The topological polar surface area (TPSA) is 47.7 Å². The summed E-state index contributed by atoms with van der Waals surface area (Å²) >= 11 is 6.09. The molecule has 112 valence electrons. The van der Waals surface area contributed by atoms with Crippen LogP contribution in [0.2, 0.25) is 5.02 Å². The van der Waals surface area contributed by atoms with E-state index in [1.165, 1.54) is 6.20 Å². The van der Waals surface area contributed by atoms with Gasteiger partial charge in [-0.05, 0) is 32.0 Å². The lowest BCUT2D eigenvalue weighted by Crippen LogP contribution is -2.22. The molecule has 0 saturated heterocycles. The predicted molar refractivity (Wildman–Crippen MR) is 84.9 cm³/mol. The van der Waals surface area contributed by atoms with Crippen LogP contribution >= 0.6 is 11.6 Å². The lowest BCUT2D eigenvalue weighted by Gasteiger charge is -2.13. The molecule has 0 N–H and O–H groups in total. The minimum atomic E-state index is -0.300. The fraction of sp³-hybridized carbons (Fsp3) is 0.375. The smallest absolute Gasteiger partial charge is 0.212 e. The third-order valence-corrected chi connectivity index (χ3v) is 3.34. The number of ether oxygens (including phenoxy) is 1. The van der Waals surface area contributed by atoms with Crippen LogP contribution in [0, 0.1) is 17.6 Å². The number of hydrogen-bond donors (Lipinski definition) is 0. The number of terminal acetylenes is 1. The second kappa shape index (κ2) is 8.46. The molecule has 1 aromatic rings. The number of benzene rings is 1. The van der Waals surface area contributed by atoms with Crippen molar-refractivity contribution in [2.24, 2.45) is 5.11 Å². The van der Waals surface area contributed by atoms with Crippen molar-refractivity contribution in [2.45, 2.75) is 32.9 Å². The molecule has 21 heavy (non-hydrogen) atoms. The second-order valence-corrected chi connectivity index (χ2v) is 5.08. The summed E-state index contributed by atoms with van der Waals surface area (Å²) in [6, 6.07) is 7.03. The van der Waals surface area contributed by atoms with Gasteiger partial charge in [0.25, 0.3) is 0 Å². The zero-order chi connectivity index (χ0) is 15.8. The Kier molecular flexibility index (Phi) is 6.93. The molecule has 2 atom stereocenters. The molecule has 2 unspecified atom stereocenters. The second-order valence-electron chi connectivity index (χ2n) is 4.67. The van der Waals surface area contributed by atoms with Gasteiger partial charge < -0.3 is 9.94 Å². The molecule has 4 nitrogen and oxygen atoms in total. The van der Waals surface area contributed by atoms with Crippen LogP contribution in [-0.4, -0.2) is 23.6 Å². The molecule has 0 saturated carbocycles. The molecule has 0 aliphatic carbocycles. The molecular formula is C16H19ClN2O2. The summed E-state index contributed by atoms with van der Waals surface area (Å²) in [5.74, 6) is 2.38. The predicted octanol–water partition coefficient (Wildman–Crippen LogP) is 4.09. The molecule has 5 heteroatoms. The summed E-state index contributed by atoms with van der Waals surface area (Å²) in [7, 11) is 0. The monoisotopic (exact) mass is 306 g/mol. The molecule has 0 radical (unpaired) electrons. The maximum atomic E-state index is 11.9. The van der Waals surface area contributed by atoms with Crippen LogP contribution in [0.3, 0.4) is 0 Å². The Morgan fingerprint density at radius 1 is 1.52 bits per heavy atom.